The lowest BCUT2D eigenvalue weighted by Crippen LogP contribution is -2.14. The minimum atomic E-state index is -0.979. The normalized spacial score (nSPS) is 12.0. The van der Waals surface area contributed by atoms with Crippen molar-refractivity contribution in [1.29, 1.82) is 0 Å². The molecule has 170 valence electrons. The molecule has 0 radical (unpaired) electrons. The van der Waals surface area contributed by atoms with Gasteiger partial charge in [0, 0.05) is 23.8 Å². The van der Waals surface area contributed by atoms with E-state index in [9.17, 15) is 9.90 Å². The number of aromatic nitrogens is 1. The number of thiophene rings is 1. The second kappa shape index (κ2) is 10.0. The maximum Gasteiger partial charge on any atom is 0.255 e. The molecule has 0 fully saturated rings. The lowest BCUT2D eigenvalue weighted by Gasteiger charge is -2.15. The van der Waals surface area contributed by atoms with Crippen LogP contribution < -0.4 is 10.1 Å². The van der Waals surface area contributed by atoms with Crippen LogP contribution in [0.2, 0.25) is 0 Å². The molecule has 33 heavy (non-hydrogen) atoms. The maximum absolute atomic E-state index is 13.1. The summed E-state index contributed by atoms with van der Waals surface area (Å²) >= 11 is 4.84. The van der Waals surface area contributed by atoms with Gasteiger partial charge < -0.3 is 19.9 Å². The number of pyridine rings is 1. The fraction of sp³-hybridized carbons (Fsp3) is 0.200. The van der Waals surface area contributed by atoms with Crippen molar-refractivity contribution < 1.29 is 19.4 Å². The van der Waals surface area contributed by atoms with E-state index in [1.165, 1.54) is 11.3 Å². The molecular weight excluding hydrogens is 504 g/mol. The lowest BCUT2D eigenvalue weighted by atomic mass is 10.0. The number of aliphatic hydroxyl groups excluding tert-OH is 1. The molecule has 2 heterocycles. The number of hydrogen-bond donors (Lipinski definition) is 2. The van der Waals surface area contributed by atoms with Crippen molar-refractivity contribution in [2.45, 2.75) is 19.6 Å². The highest BCUT2D eigenvalue weighted by molar-refractivity contribution is 9.10. The summed E-state index contributed by atoms with van der Waals surface area (Å²) in [6.45, 7) is 2.27. The lowest BCUT2D eigenvalue weighted by molar-refractivity contribution is 0.102. The fourth-order valence-electron chi connectivity index (χ4n) is 3.70. The predicted octanol–water partition coefficient (Wildman–Crippen LogP) is 5.86. The summed E-state index contributed by atoms with van der Waals surface area (Å²) in [7, 11) is 3.21. The summed E-state index contributed by atoms with van der Waals surface area (Å²) in [5, 5.41) is 15.2. The number of carbonyl (C=O) groups excluding carboxylic acids is 1. The van der Waals surface area contributed by atoms with Crippen LogP contribution in [0, 0.1) is 6.92 Å². The number of rotatable bonds is 7. The minimum absolute atomic E-state index is 0.261. The number of fused-ring (bicyclic) bond motifs is 1. The van der Waals surface area contributed by atoms with E-state index in [0.717, 1.165) is 25.9 Å². The van der Waals surface area contributed by atoms with E-state index in [-0.39, 0.29) is 5.91 Å². The number of halogens is 1. The van der Waals surface area contributed by atoms with Crippen molar-refractivity contribution in [3.05, 3.63) is 86.3 Å². The van der Waals surface area contributed by atoms with Crippen molar-refractivity contribution in [3.8, 4) is 5.75 Å². The maximum atomic E-state index is 13.1. The molecular formula is C25H23BrN2O4S. The largest absolute Gasteiger partial charge is 0.496 e. The molecule has 2 aromatic heterocycles. The van der Waals surface area contributed by atoms with Crippen molar-refractivity contribution in [2.75, 3.05) is 19.5 Å². The Hall–Kier alpha value is -2.78. The smallest absolute Gasteiger partial charge is 0.255 e. The molecule has 0 aliphatic rings. The molecule has 6 nitrogen and oxygen atoms in total. The SMILES string of the molecule is COCc1cc(C)nc2sc(C(O)c3ccc(OC)c(Br)c3)c(NC(=O)c3ccccc3)c12. The number of hydrogen-bond acceptors (Lipinski definition) is 6. The van der Waals surface area contributed by atoms with Crippen LogP contribution in [0.4, 0.5) is 5.69 Å². The monoisotopic (exact) mass is 526 g/mol. The number of methoxy groups -OCH3 is 2. The van der Waals surface area contributed by atoms with Gasteiger partial charge in [0.2, 0.25) is 0 Å². The van der Waals surface area contributed by atoms with Crippen molar-refractivity contribution in [1.82, 2.24) is 4.98 Å². The highest BCUT2D eigenvalue weighted by atomic mass is 79.9. The molecule has 4 aromatic rings. The first-order valence-corrected chi connectivity index (χ1v) is 11.8. The number of ether oxygens (including phenoxy) is 2. The molecule has 2 aromatic carbocycles. The van der Waals surface area contributed by atoms with Gasteiger partial charge in [0.1, 0.15) is 16.7 Å². The predicted molar refractivity (Wildman–Crippen MR) is 134 cm³/mol. The molecule has 0 saturated heterocycles. The molecule has 0 spiro atoms. The topological polar surface area (TPSA) is 80.7 Å². The van der Waals surface area contributed by atoms with Crippen LogP contribution in [0.25, 0.3) is 10.2 Å². The molecule has 2 N–H and O–H groups in total. The minimum Gasteiger partial charge on any atom is -0.496 e. The summed E-state index contributed by atoms with van der Waals surface area (Å²) in [6.07, 6.45) is -0.979. The second-order valence-electron chi connectivity index (χ2n) is 7.49. The number of aliphatic hydroxyl groups is 1. The highest BCUT2D eigenvalue weighted by Crippen LogP contribution is 2.44. The molecule has 1 amide bonds. The molecule has 0 aliphatic heterocycles. The first kappa shape index (κ1) is 23.4. The van der Waals surface area contributed by atoms with E-state index in [1.807, 2.05) is 37.3 Å². The van der Waals surface area contributed by atoms with E-state index < -0.39 is 6.10 Å². The third-order valence-electron chi connectivity index (χ3n) is 5.21. The molecule has 0 saturated carbocycles. The van der Waals surface area contributed by atoms with Crippen LogP contribution in [0.15, 0.2) is 59.1 Å². The highest BCUT2D eigenvalue weighted by Gasteiger charge is 2.25. The Kier molecular flexibility index (Phi) is 7.09. The zero-order chi connectivity index (χ0) is 23.5. The fourth-order valence-corrected chi connectivity index (χ4v) is 5.49. The zero-order valence-electron chi connectivity index (χ0n) is 18.4. The Balaban J connectivity index is 1.87. The molecule has 0 bridgehead atoms. The van der Waals surface area contributed by atoms with Gasteiger partial charge in [0.15, 0.2) is 0 Å². The summed E-state index contributed by atoms with van der Waals surface area (Å²) < 4.78 is 11.4. The Morgan fingerprint density at radius 2 is 1.94 bits per heavy atom. The summed E-state index contributed by atoms with van der Waals surface area (Å²) in [5.74, 6) is 0.406. The van der Waals surface area contributed by atoms with Gasteiger partial charge in [0.25, 0.3) is 5.91 Å². The van der Waals surface area contributed by atoms with Gasteiger partial charge in [-0.15, -0.1) is 11.3 Å². The molecule has 1 unspecified atom stereocenters. The standard InChI is InChI=1S/C25H23BrN2O4S/c1-14-11-17(13-31-2)20-21(28-24(30)15-7-5-4-6-8-15)23(33-25(20)27-14)22(29)16-9-10-19(32-3)18(26)12-16/h4-12,22,29H,13H2,1-3H3,(H,28,30). The first-order chi connectivity index (χ1) is 15.9. The molecule has 0 aliphatic carbocycles. The van der Waals surface area contributed by atoms with Crippen molar-refractivity contribution >= 4 is 49.1 Å². The molecule has 1 atom stereocenters. The van der Waals surface area contributed by atoms with Crippen LogP contribution in [0.3, 0.4) is 0 Å². The number of carbonyl (C=O) groups is 1. The van der Waals surface area contributed by atoms with Gasteiger partial charge in [-0.1, -0.05) is 24.3 Å². The number of nitrogens with one attached hydrogen (secondary N) is 1. The zero-order valence-corrected chi connectivity index (χ0v) is 20.8. The van der Waals surface area contributed by atoms with Crippen LogP contribution >= 0.6 is 27.3 Å². The Bertz CT molecular complexity index is 1310. The number of amides is 1. The molecule has 4 rings (SSSR count). The van der Waals surface area contributed by atoms with Gasteiger partial charge in [-0.05, 0) is 64.3 Å². The third kappa shape index (κ3) is 4.79. The Labute approximate surface area is 204 Å². The van der Waals surface area contributed by atoms with Gasteiger partial charge in [-0.25, -0.2) is 4.98 Å². The first-order valence-electron chi connectivity index (χ1n) is 10.2. The van der Waals surface area contributed by atoms with Crippen LogP contribution in [0.1, 0.15) is 38.2 Å². The summed E-state index contributed by atoms with van der Waals surface area (Å²) in [4.78, 5) is 19.1. The second-order valence-corrected chi connectivity index (χ2v) is 9.38. The number of benzene rings is 2. The van der Waals surface area contributed by atoms with E-state index >= 15 is 0 Å². The van der Waals surface area contributed by atoms with Crippen molar-refractivity contribution in [2.24, 2.45) is 0 Å². The van der Waals surface area contributed by atoms with Crippen LogP contribution in [-0.2, 0) is 11.3 Å². The quantitative estimate of drug-likeness (QED) is 0.315. The van der Waals surface area contributed by atoms with Crippen LogP contribution in [0.5, 0.6) is 5.75 Å². The van der Waals surface area contributed by atoms with Crippen LogP contribution in [-0.4, -0.2) is 30.2 Å². The number of anilines is 1. The van der Waals surface area contributed by atoms with E-state index in [4.69, 9.17) is 9.47 Å². The summed E-state index contributed by atoms with van der Waals surface area (Å²) in [6, 6.07) is 16.3. The van der Waals surface area contributed by atoms with Crippen molar-refractivity contribution in [3.63, 3.8) is 0 Å². The van der Waals surface area contributed by atoms with E-state index in [0.29, 0.717) is 34.0 Å². The average Bonchev–Trinajstić information content (AvgIpc) is 3.17. The van der Waals surface area contributed by atoms with E-state index in [1.54, 1.807) is 38.5 Å². The van der Waals surface area contributed by atoms with Gasteiger partial charge in [-0.3, -0.25) is 4.79 Å². The average molecular weight is 527 g/mol. The van der Waals surface area contributed by atoms with E-state index in [2.05, 4.69) is 26.2 Å². The summed E-state index contributed by atoms with van der Waals surface area (Å²) in [5.41, 5.74) is 3.47. The van der Waals surface area contributed by atoms with Gasteiger partial charge in [-0.2, -0.15) is 0 Å². The Morgan fingerprint density at radius 1 is 1.18 bits per heavy atom. The number of aryl methyl sites for hydroxylation is 1. The Morgan fingerprint density at radius 3 is 2.61 bits per heavy atom. The number of nitrogens with zero attached hydrogens (tertiary/aromatic N) is 1. The molecule has 8 heteroatoms. The van der Waals surface area contributed by atoms with Gasteiger partial charge in [0.05, 0.1) is 28.8 Å². The third-order valence-corrected chi connectivity index (χ3v) is 6.97. The van der Waals surface area contributed by atoms with Gasteiger partial charge >= 0.3 is 0 Å².